The van der Waals surface area contributed by atoms with Crippen LogP contribution in [0.25, 0.3) is 0 Å². The van der Waals surface area contributed by atoms with Crippen LogP contribution >= 0.6 is 23.1 Å². The fraction of sp³-hybridized carbons (Fsp3) is 0.583. The molecule has 1 aromatic rings. The van der Waals surface area contributed by atoms with E-state index in [0.717, 1.165) is 12.2 Å². The first kappa shape index (κ1) is 16.8. The molecule has 0 aliphatic heterocycles. The van der Waals surface area contributed by atoms with Crippen LogP contribution in [0, 0.1) is 0 Å². The Hall–Kier alpha value is -1.28. The Bertz CT molecular complexity index is 451. The molecule has 1 rings (SSSR count). The van der Waals surface area contributed by atoms with Gasteiger partial charge in [0.25, 0.3) is 0 Å². The number of amides is 2. The van der Waals surface area contributed by atoms with Crippen LogP contribution in [0.1, 0.15) is 28.8 Å². The summed E-state index contributed by atoms with van der Waals surface area (Å²) < 4.78 is 0. The molecule has 6 nitrogen and oxygen atoms in total. The van der Waals surface area contributed by atoms with Crippen LogP contribution in [0.5, 0.6) is 0 Å². The molecule has 0 aliphatic rings. The number of aromatic carboxylic acids is 1. The molecule has 0 aromatic carbocycles. The fourth-order valence-electron chi connectivity index (χ4n) is 1.45. The Morgan fingerprint density at radius 2 is 2.30 bits per heavy atom. The summed E-state index contributed by atoms with van der Waals surface area (Å²) in [5.41, 5.74) is 0.0557. The van der Waals surface area contributed by atoms with Gasteiger partial charge in [0.15, 0.2) is 5.69 Å². The third kappa shape index (κ3) is 6.25. The van der Waals surface area contributed by atoms with Gasteiger partial charge < -0.3 is 15.7 Å². The van der Waals surface area contributed by atoms with E-state index in [1.165, 1.54) is 16.7 Å². The minimum Gasteiger partial charge on any atom is -0.476 e. The third-order valence-electron chi connectivity index (χ3n) is 2.53. The number of urea groups is 1. The van der Waals surface area contributed by atoms with Crippen molar-refractivity contribution in [3.63, 3.8) is 0 Å². The monoisotopic (exact) mass is 317 g/mol. The first-order valence-electron chi connectivity index (χ1n) is 6.24. The lowest BCUT2D eigenvalue weighted by atomic mass is 10.3. The second-order valence-electron chi connectivity index (χ2n) is 4.26. The highest BCUT2D eigenvalue weighted by molar-refractivity contribution is 7.98. The number of nitrogens with one attached hydrogen (secondary N) is 2. The van der Waals surface area contributed by atoms with Crippen molar-refractivity contribution in [1.82, 2.24) is 15.6 Å². The number of hydrogen-bond donors (Lipinski definition) is 3. The summed E-state index contributed by atoms with van der Waals surface area (Å²) >= 11 is 3.04. The van der Waals surface area contributed by atoms with E-state index in [1.807, 2.05) is 13.2 Å². The summed E-state index contributed by atoms with van der Waals surface area (Å²) in [5.74, 6) is -0.0146. The third-order valence-corrected chi connectivity index (χ3v) is 4.08. The zero-order chi connectivity index (χ0) is 15.0. The number of rotatable bonds is 8. The van der Waals surface area contributed by atoms with Crippen LogP contribution in [0.3, 0.4) is 0 Å². The van der Waals surface area contributed by atoms with Gasteiger partial charge in [0, 0.05) is 24.4 Å². The molecule has 1 atom stereocenters. The highest BCUT2D eigenvalue weighted by atomic mass is 32.2. The zero-order valence-corrected chi connectivity index (χ0v) is 13.1. The predicted octanol–water partition coefficient (Wildman–Crippen LogP) is 1.82. The molecule has 0 aliphatic carbocycles. The number of thiazole rings is 1. The quantitative estimate of drug-likeness (QED) is 0.680. The highest BCUT2D eigenvalue weighted by Crippen LogP contribution is 2.09. The zero-order valence-electron chi connectivity index (χ0n) is 11.5. The minimum absolute atomic E-state index is 0.0557. The topological polar surface area (TPSA) is 91.3 Å². The van der Waals surface area contributed by atoms with E-state index in [4.69, 9.17) is 5.11 Å². The summed E-state index contributed by atoms with van der Waals surface area (Å²) in [6.07, 6.45) is 3.50. The van der Waals surface area contributed by atoms with Gasteiger partial charge in [0.05, 0.1) is 5.01 Å². The number of hydrogen-bond acceptors (Lipinski definition) is 5. The molecule has 2 amide bonds. The standard InChI is InChI=1S/C12H19N3O3S2/c1-8(4-6-19-2)14-12(18)13-5-3-10-15-9(7-20-10)11(16)17/h7-8H,3-6H2,1-2H3,(H,16,17)(H2,13,14,18). The van der Waals surface area contributed by atoms with Crippen molar-refractivity contribution in [1.29, 1.82) is 0 Å². The molecule has 112 valence electrons. The number of carboxylic acids is 1. The van der Waals surface area contributed by atoms with Crippen LogP contribution < -0.4 is 10.6 Å². The molecule has 1 heterocycles. The lowest BCUT2D eigenvalue weighted by molar-refractivity contribution is 0.0691. The van der Waals surface area contributed by atoms with Crippen molar-refractivity contribution >= 4 is 35.1 Å². The molecule has 0 fully saturated rings. The van der Waals surface area contributed by atoms with Gasteiger partial charge >= 0.3 is 12.0 Å². The molecule has 20 heavy (non-hydrogen) atoms. The molecule has 0 bridgehead atoms. The van der Waals surface area contributed by atoms with Gasteiger partial charge in [-0.15, -0.1) is 11.3 Å². The molecule has 0 saturated heterocycles. The predicted molar refractivity (Wildman–Crippen MR) is 81.8 cm³/mol. The highest BCUT2D eigenvalue weighted by Gasteiger charge is 2.09. The van der Waals surface area contributed by atoms with Gasteiger partial charge in [-0.1, -0.05) is 0 Å². The van der Waals surface area contributed by atoms with Crippen molar-refractivity contribution in [2.24, 2.45) is 0 Å². The lowest BCUT2D eigenvalue weighted by Gasteiger charge is -2.13. The normalized spacial score (nSPS) is 11.9. The summed E-state index contributed by atoms with van der Waals surface area (Å²) in [5, 5.41) is 16.5. The van der Waals surface area contributed by atoms with Crippen LogP contribution in [0.15, 0.2) is 5.38 Å². The van der Waals surface area contributed by atoms with E-state index < -0.39 is 5.97 Å². The van der Waals surface area contributed by atoms with E-state index >= 15 is 0 Å². The Balaban J connectivity index is 2.22. The van der Waals surface area contributed by atoms with E-state index in [9.17, 15) is 9.59 Å². The van der Waals surface area contributed by atoms with Crippen molar-refractivity contribution in [2.45, 2.75) is 25.8 Å². The molecular formula is C12H19N3O3S2. The van der Waals surface area contributed by atoms with Crippen molar-refractivity contribution in [2.75, 3.05) is 18.6 Å². The van der Waals surface area contributed by atoms with E-state index in [-0.39, 0.29) is 17.8 Å². The van der Waals surface area contributed by atoms with E-state index in [0.29, 0.717) is 18.0 Å². The number of nitrogens with zero attached hydrogens (tertiary/aromatic N) is 1. The van der Waals surface area contributed by atoms with Crippen LogP contribution in [0.2, 0.25) is 0 Å². The number of carbonyl (C=O) groups excluding carboxylic acids is 1. The SMILES string of the molecule is CSCCC(C)NC(=O)NCCc1nc(C(=O)O)cs1. The minimum atomic E-state index is -1.03. The van der Waals surface area contributed by atoms with Crippen molar-refractivity contribution in [3.8, 4) is 0 Å². The van der Waals surface area contributed by atoms with Gasteiger partial charge in [0.1, 0.15) is 0 Å². The molecule has 1 unspecified atom stereocenters. The van der Waals surface area contributed by atoms with E-state index in [1.54, 1.807) is 11.8 Å². The lowest BCUT2D eigenvalue weighted by Crippen LogP contribution is -2.41. The Morgan fingerprint density at radius 3 is 2.90 bits per heavy atom. The summed E-state index contributed by atoms with van der Waals surface area (Å²) in [6, 6.07) is -0.0606. The van der Waals surface area contributed by atoms with Crippen LogP contribution in [-0.4, -0.2) is 46.7 Å². The van der Waals surface area contributed by atoms with Gasteiger partial charge in [-0.25, -0.2) is 14.6 Å². The Kier molecular flexibility index (Phi) is 7.38. The second-order valence-corrected chi connectivity index (χ2v) is 6.19. The average molecular weight is 317 g/mol. The molecule has 0 spiro atoms. The van der Waals surface area contributed by atoms with Gasteiger partial charge in [-0.05, 0) is 25.4 Å². The number of carbonyl (C=O) groups is 2. The molecule has 8 heteroatoms. The number of thioether (sulfide) groups is 1. The molecule has 0 saturated carbocycles. The molecule has 1 aromatic heterocycles. The van der Waals surface area contributed by atoms with Crippen LogP contribution in [-0.2, 0) is 6.42 Å². The van der Waals surface area contributed by atoms with E-state index in [2.05, 4.69) is 15.6 Å². The maximum atomic E-state index is 11.6. The first-order chi connectivity index (χ1) is 9.52. The molecule has 0 radical (unpaired) electrons. The van der Waals surface area contributed by atoms with Crippen molar-refractivity contribution < 1.29 is 14.7 Å². The molecule has 3 N–H and O–H groups in total. The van der Waals surface area contributed by atoms with Gasteiger partial charge in [0.2, 0.25) is 0 Å². The molecular weight excluding hydrogens is 298 g/mol. The Labute approximate surface area is 126 Å². The van der Waals surface area contributed by atoms with Crippen molar-refractivity contribution in [3.05, 3.63) is 16.1 Å². The first-order valence-corrected chi connectivity index (χ1v) is 8.51. The Morgan fingerprint density at radius 1 is 1.55 bits per heavy atom. The largest absolute Gasteiger partial charge is 0.476 e. The summed E-state index contributed by atoms with van der Waals surface area (Å²) in [7, 11) is 0. The average Bonchev–Trinajstić information content (AvgIpc) is 2.85. The summed E-state index contributed by atoms with van der Waals surface area (Å²) in [6.45, 7) is 2.41. The fourth-order valence-corrected chi connectivity index (χ4v) is 2.81. The summed E-state index contributed by atoms with van der Waals surface area (Å²) in [4.78, 5) is 26.2. The maximum Gasteiger partial charge on any atom is 0.355 e. The van der Waals surface area contributed by atoms with Gasteiger partial charge in [-0.3, -0.25) is 0 Å². The second kappa shape index (κ2) is 8.80. The number of aromatic nitrogens is 1. The smallest absolute Gasteiger partial charge is 0.355 e. The van der Waals surface area contributed by atoms with Crippen LogP contribution in [0.4, 0.5) is 4.79 Å². The van der Waals surface area contributed by atoms with Gasteiger partial charge in [-0.2, -0.15) is 11.8 Å². The number of carboxylic acid groups (broad SMARTS) is 1. The maximum absolute atomic E-state index is 11.6.